The van der Waals surface area contributed by atoms with Gasteiger partial charge >= 0.3 is 0 Å². The predicted octanol–water partition coefficient (Wildman–Crippen LogP) is 4.00. The predicted molar refractivity (Wildman–Crippen MR) is 86.5 cm³/mol. The maximum Gasteiger partial charge on any atom is 0.126 e. The molecule has 108 valence electrons. The number of benzene rings is 1. The van der Waals surface area contributed by atoms with Gasteiger partial charge in [-0.05, 0) is 31.7 Å². The second kappa shape index (κ2) is 7.72. The lowest BCUT2D eigenvalue weighted by molar-refractivity contribution is 0.539. The normalized spacial score (nSPS) is 12.6. The number of nitrogens with one attached hydrogen (secondary N) is 1. The van der Waals surface area contributed by atoms with E-state index >= 15 is 0 Å². The average Bonchev–Trinajstić information content (AvgIpc) is 2.92. The molecule has 0 aliphatic rings. The van der Waals surface area contributed by atoms with E-state index < -0.39 is 0 Å². The molecule has 20 heavy (non-hydrogen) atoms. The minimum atomic E-state index is 0.249. The second-order valence-corrected chi connectivity index (χ2v) is 5.98. The van der Waals surface area contributed by atoms with Gasteiger partial charge in [0.1, 0.15) is 5.82 Å². The van der Waals surface area contributed by atoms with Crippen LogP contribution in [-0.2, 0) is 6.54 Å². The Kier molecular flexibility index (Phi) is 5.95. The van der Waals surface area contributed by atoms with Crippen LogP contribution in [0.4, 0.5) is 0 Å². The number of rotatable bonds is 7. The lowest BCUT2D eigenvalue weighted by Gasteiger charge is -2.18. The molecular formula is C15H20ClN3S. The van der Waals surface area contributed by atoms with Crippen molar-refractivity contribution < 1.29 is 0 Å². The van der Waals surface area contributed by atoms with Gasteiger partial charge in [-0.2, -0.15) is 0 Å². The van der Waals surface area contributed by atoms with Gasteiger partial charge in [0.25, 0.3) is 0 Å². The number of nitrogens with zero attached hydrogens (tertiary/aromatic N) is 2. The molecule has 1 N–H and O–H groups in total. The zero-order valence-electron chi connectivity index (χ0n) is 11.8. The van der Waals surface area contributed by atoms with E-state index in [0.717, 1.165) is 29.7 Å². The van der Waals surface area contributed by atoms with E-state index in [0.29, 0.717) is 0 Å². The SMILES string of the molecule is CCNC(CSc1cccc(Cl)c1)c1nccn1CC. The highest BCUT2D eigenvalue weighted by molar-refractivity contribution is 7.99. The fraction of sp³-hybridized carbons (Fsp3) is 0.400. The molecule has 1 heterocycles. The van der Waals surface area contributed by atoms with Crippen LogP contribution in [0.2, 0.25) is 5.02 Å². The van der Waals surface area contributed by atoms with Crippen molar-refractivity contribution in [3.8, 4) is 0 Å². The van der Waals surface area contributed by atoms with Crippen LogP contribution in [0, 0.1) is 0 Å². The van der Waals surface area contributed by atoms with Crippen LogP contribution in [0.3, 0.4) is 0 Å². The summed E-state index contributed by atoms with van der Waals surface area (Å²) < 4.78 is 2.19. The van der Waals surface area contributed by atoms with Crippen molar-refractivity contribution in [1.82, 2.24) is 14.9 Å². The molecule has 0 amide bonds. The molecular weight excluding hydrogens is 290 g/mol. The number of thioether (sulfide) groups is 1. The van der Waals surface area contributed by atoms with Crippen molar-refractivity contribution in [2.75, 3.05) is 12.3 Å². The molecule has 0 saturated carbocycles. The van der Waals surface area contributed by atoms with E-state index in [2.05, 4.69) is 34.8 Å². The number of imidazole rings is 1. The van der Waals surface area contributed by atoms with Crippen LogP contribution < -0.4 is 5.32 Å². The highest BCUT2D eigenvalue weighted by atomic mass is 35.5. The summed E-state index contributed by atoms with van der Waals surface area (Å²) in [6, 6.07) is 8.23. The molecule has 1 aromatic heterocycles. The minimum absolute atomic E-state index is 0.249. The first kappa shape index (κ1) is 15.4. The summed E-state index contributed by atoms with van der Waals surface area (Å²) in [5.74, 6) is 2.04. The summed E-state index contributed by atoms with van der Waals surface area (Å²) in [5.41, 5.74) is 0. The van der Waals surface area contributed by atoms with Gasteiger partial charge in [0.05, 0.1) is 6.04 Å². The molecule has 0 aliphatic carbocycles. The number of halogens is 1. The second-order valence-electron chi connectivity index (χ2n) is 4.45. The molecule has 1 atom stereocenters. The highest BCUT2D eigenvalue weighted by Crippen LogP contribution is 2.26. The van der Waals surface area contributed by atoms with E-state index in [1.807, 2.05) is 30.6 Å². The van der Waals surface area contributed by atoms with Gasteiger partial charge in [-0.1, -0.05) is 24.6 Å². The molecule has 0 fully saturated rings. The quantitative estimate of drug-likeness (QED) is 0.784. The van der Waals surface area contributed by atoms with Gasteiger partial charge in [-0.3, -0.25) is 0 Å². The molecule has 0 spiro atoms. The van der Waals surface area contributed by atoms with Crippen molar-refractivity contribution in [3.05, 3.63) is 47.5 Å². The lowest BCUT2D eigenvalue weighted by Crippen LogP contribution is -2.26. The maximum absolute atomic E-state index is 6.02. The summed E-state index contributed by atoms with van der Waals surface area (Å²) in [4.78, 5) is 5.69. The summed E-state index contributed by atoms with van der Waals surface area (Å²) >= 11 is 7.82. The minimum Gasteiger partial charge on any atom is -0.334 e. The van der Waals surface area contributed by atoms with Gasteiger partial charge in [0.15, 0.2) is 0 Å². The van der Waals surface area contributed by atoms with E-state index in [9.17, 15) is 0 Å². The smallest absolute Gasteiger partial charge is 0.126 e. The summed E-state index contributed by atoms with van der Waals surface area (Å²) in [6.07, 6.45) is 3.90. The van der Waals surface area contributed by atoms with Gasteiger partial charge in [-0.15, -0.1) is 11.8 Å². The van der Waals surface area contributed by atoms with Crippen LogP contribution in [0.25, 0.3) is 0 Å². The topological polar surface area (TPSA) is 29.9 Å². The standard InChI is InChI=1S/C15H20ClN3S/c1-3-17-14(15-18-8-9-19(15)4-2)11-20-13-7-5-6-12(16)10-13/h5-10,14,17H,3-4,11H2,1-2H3. The van der Waals surface area contributed by atoms with Gasteiger partial charge in [-0.25, -0.2) is 4.98 Å². The Labute approximate surface area is 129 Å². The first-order valence-electron chi connectivity index (χ1n) is 6.87. The zero-order chi connectivity index (χ0) is 14.4. The van der Waals surface area contributed by atoms with Crippen molar-refractivity contribution >= 4 is 23.4 Å². The fourth-order valence-corrected chi connectivity index (χ4v) is 3.37. The Bertz CT molecular complexity index is 541. The van der Waals surface area contributed by atoms with Crippen LogP contribution in [0.1, 0.15) is 25.7 Å². The van der Waals surface area contributed by atoms with E-state index in [1.54, 1.807) is 11.8 Å². The van der Waals surface area contributed by atoms with Crippen LogP contribution in [0.5, 0.6) is 0 Å². The Morgan fingerprint density at radius 3 is 2.95 bits per heavy atom. The van der Waals surface area contributed by atoms with E-state index in [1.165, 1.54) is 4.90 Å². The molecule has 3 nitrogen and oxygen atoms in total. The number of aryl methyl sites for hydroxylation is 1. The number of hydrogen-bond acceptors (Lipinski definition) is 3. The van der Waals surface area contributed by atoms with Crippen LogP contribution in [0.15, 0.2) is 41.6 Å². The molecule has 2 aromatic rings. The van der Waals surface area contributed by atoms with Gasteiger partial charge < -0.3 is 9.88 Å². The Balaban J connectivity index is 2.06. The molecule has 0 aliphatic heterocycles. The third kappa shape index (κ3) is 4.01. The third-order valence-electron chi connectivity index (χ3n) is 3.06. The van der Waals surface area contributed by atoms with Crippen molar-refractivity contribution in [3.63, 3.8) is 0 Å². The molecule has 0 saturated heterocycles. The Morgan fingerprint density at radius 2 is 2.25 bits per heavy atom. The van der Waals surface area contributed by atoms with E-state index in [4.69, 9.17) is 11.6 Å². The average molecular weight is 310 g/mol. The van der Waals surface area contributed by atoms with Gasteiger partial charge in [0, 0.05) is 34.6 Å². The molecule has 5 heteroatoms. The van der Waals surface area contributed by atoms with E-state index in [-0.39, 0.29) is 6.04 Å². The summed E-state index contributed by atoms with van der Waals surface area (Å²) in [7, 11) is 0. The molecule has 0 radical (unpaired) electrons. The van der Waals surface area contributed by atoms with Crippen molar-refractivity contribution in [1.29, 1.82) is 0 Å². The number of hydrogen-bond donors (Lipinski definition) is 1. The lowest BCUT2D eigenvalue weighted by atomic mass is 10.3. The van der Waals surface area contributed by atoms with Crippen molar-refractivity contribution in [2.24, 2.45) is 0 Å². The zero-order valence-corrected chi connectivity index (χ0v) is 13.4. The monoisotopic (exact) mass is 309 g/mol. The first-order valence-corrected chi connectivity index (χ1v) is 8.23. The molecule has 1 unspecified atom stereocenters. The van der Waals surface area contributed by atoms with Crippen LogP contribution in [-0.4, -0.2) is 21.8 Å². The maximum atomic E-state index is 6.02. The Hall–Kier alpha value is -0.970. The third-order valence-corrected chi connectivity index (χ3v) is 4.39. The summed E-state index contributed by atoms with van der Waals surface area (Å²) in [5, 5.41) is 4.29. The molecule has 0 bridgehead atoms. The fourth-order valence-electron chi connectivity index (χ4n) is 2.11. The molecule has 2 rings (SSSR count). The molecule has 1 aromatic carbocycles. The first-order chi connectivity index (χ1) is 9.74. The van der Waals surface area contributed by atoms with Crippen LogP contribution >= 0.6 is 23.4 Å². The van der Waals surface area contributed by atoms with Gasteiger partial charge in [0.2, 0.25) is 0 Å². The van der Waals surface area contributed by atoms with Crippen molar-refractivity contribution in [2.45, 2.75) is 31.3 Å². The highest BCUT2D eigenvalue weighted by Gasteiger charge is 2.15. The largest absolute Gasteiger partial charge is 0.334 e. The Morgan fingerprint density at radius 1 is 1.40 bits per heavy atom. The number of aromatic nitrogens is 2. The summed E-state index contributed by atoms with van der Waals surface area (Å²) in [6.45, 7) is 6.13.